The normalized spacial score (nSPS) is 20.8. The molecule has 4 rings (SSSR count). The Bertz CT molecular complexity index is 879. The zero-order valence-electron chi connectivity index (χ0n) is 14.4. The summed E-state index contributed by atoms with van der Waals surface area (Å²) in [5.74, 6) is 1.54. The van der Waals surface area contributed by atoms with E-state index in [0.717, 1.165) is 52.4 Å². The largest absolute Gasteiger partial charge is 0.366 e. The highest BCUT2D eigenvalue weighted by atomic mass is 32.1. The molecule has 0 spiro atoms. The minimum atomic E-state index is 0.347. The van der Waals surface area contributed by atoms with Gasteiger partial charge in [0.25, 0.3) is 0 Å². The van der Waals surface area contributed by atoms with Crippen LogP contribution in [0.3, 0.4) is 0 Å². The van der Waals surface area contributed by atoms with Crippen molar-refractivity contribution in [2.24, 2.45) is 5.73 Å². The van der Waals surface area contributed by atoms with Crippen LogP contribution < -0.4 is 16.4 Å². The van der Waals surface area contributed by atoms with Gasteiger partial charge < -0.3 is 16.4 Å². The van der Waals surface area contributed by atoms with Crippen LogP contribution in [-0.2, 0) is 0 Å². The van der Waals surface area contributed by atoms with Crippen molar-refractivity contribution in [1.82, 2.24) is 14.3 Å². The maximum atomic E-state index is 6.03. The molecule has 1 aliphatic carbocycles. The molecule has 0 saturated heterocycles. The molecule has 1 fully saturated rings. The number of aryl methyl sites for hydroxylation is 2. The number of rotatable bonds is 4. The van der Waals surface area contributed by atoms with E-state index in [1.165, 1.54) is 16.4 Å². The van der Waals surface area contributed by atoms with Gasteiger partial charge in [0.05, 0.1) is 15.9 Å². The number of nitrogens with two attached hydrogens (primary N) is 1. The topological polar surface area (TPSA) is 88.8 Å². The molecular formula is C17H22N6S2. The third-order valence-corrected chi connectivity index (χ3v) is 6.31. The summed E-state index contributed by atoms with van der Waals surface area (Å²) in [6.45, 7) is 4.09. The third kappa shape index (κ3) is 3.75. The minimum absolute atomic E-state index is 0.347. The number of fused-ring (bicyclic) bond motifs is 1. The highest BCUT2D eigenvalue weighted by molar-refractivity contribution is 7.19. The average molecular weight is 375 g/mol. The first kappa shape index (κ1) is 16.7. The number of hydrogen-bond acceptors (Lipinski definition) is 8. The fraction of sp³-hybridized carbons (Fsp3) is 0.471. The molecule has 4 N–H and O–H groups in total. The lowest BCUT2D eigenvalue weighted by Gasteiger charge is -2.27. The zero-order valence-corrected chi connectivity index (χ0v) is 16.0. The van der Waals surface area contributed by atoms with Gasteiger partial charge in [0.1, 0.15) is 10.8 Å². The van der Waals surface area contributed by atoms with Crippen LogP contribution in [-0.4, -0.2) is 26.4 Å². The van der Waals surface area contributed by atoms with Gasteiger partial charge in [-0.3, -0.25) is 0 Å². The molecule has 25 heavy (non-hydrogen) atoms. The van der Waals surface area contributed by atoms with Gasteiger partial charge in [-0.1, -0.05) is 0 Å². The van der Waals surface area contributed by atoms with E-state index >= 15 is 0 Å². The zero-order chi connectivity index (χ0) is 17.4. The number of anilines is 3. The molecule has 6 nitrogen and oxygen atoms in total. The molecule has 3 heterocycles. The van der Waals surface area contributed by atoms with Crippen LogP contribution in [0.1, 0.15) is 36.3 Å². The van der Waals surface area contributed by atoms with E-state index in [1.807, 2.05) is 13.0 Å². The SMILES string of the molecule is Cc1cc(Nc2nc(NC3CCC(N)CC3)c3sc(C)cc3n2)sn1. The number of nitrogens with zero attached hydrogens (tertiary/aromatic N) is 3. The van der Waals surface area contributed by atoms with Crippen molar-refractivity contribution in [3.8, 4) is 0 Å². The van der Waals surface area contributed by atoms with E-state index in [1.54, 1.807) is 11.3 Å². The maximum Gasteiger partial charge on any atom is 0.230 e. The van der Waals surface area contributed by atoms with E-state index < -0.39 is 0 Å². The molecular weight excluding hydrogens is 352 g/mol. The lowest BCUT2D eigenvalue weighted by molar-refractivity contribution is 0.411. The summed E-state index contributed by atoms with van der Waals surface area (Å²) in [6.07, 6.45) is 4.32. The molecule has 3 aromatic rings. The molecule has 0 bridgehead atoms. The highest BCUT2D eigenvalue weighted by Gasteiger charge is 2.20. The van der Waals surface area contributed by atoms with Crippen molar-refractivity contribution in [2.45, 2.75) is 51.6 Å². The Morgan fingerprint density at radius 2 is 1.92 bits per heavy atom. The van der Waals surface area contributed by atoms with Crippen LogP contribution in [0.15, 0.2) is 12.1 Å². The molecule has 0 aromatic carbocycles. The molecule has 8 heteroatoms. The third-order valence-electron chi connectivity index (χ3n) is 4.47. The van der Waals surface area contributed by atoms with E-state index in [9.17, 15) is 0 Å². The Morgan fingerprint density at radius 1 is 1.12 bits per heavy atom. The fourth-order valence-corrected chi connectivity index (χ4v) is 4.75. The number of nitrogens with one attached hydrogen (secondary N) is 2. The van der Waals surface area contributed by atoms with Crippen LogP contribution in [0.4, 0.5) is 16.8 Å². The minimum Gasteiger partial charge on any atom is -0.366 e. The Hall–Kier alpha value is -1.77. The molecule has 0 atom stereocenters. The van der Waals surface area contributed by atoms with Crippen molar-refractivity contribution in [1.29, 1.82) is 0 Å². The lowest BCUT2D eigenvalue weighted by atomic mass is 9.92. The first-order chi connectivity index (χ1) is 12.1. The Balaban J connectivity index is 1.63. The highest BCUT2D eigenvalue weighted by Crippen LogP contribution is 2.33. The monoisotopic (exact) mass is 374 g/mol. The average Bonchev–Trinajstić information content (AvgIpc) is 3.14. The second-order valence-electron chi connectivity index (χ2n) is 6.68. The van der Waals surface area contributed by atoms with Crippen LogP contribution >= 0.6 is 22.9 Å². The van der Waals surface area contributed by atoms with E-state index in [0.29, 0.717) is 18.0 Å². The van der Waals surface area contributed by atoms with E-state index in [2.05, 4.69) is 33.0 Å². The van der Waals surface area contributed by atoms with Crippen molar-refractivity contribution in [3.63, 3.8) is 0 Å². The Labute approximate surface area is 155 Å². The molecule has 0 aliphatic heterocycles. The molecule has 0 unspecified atom stereocenters. The summed E-state index contributed by atoms with van der Waals surface area (Å²) >= 11 is 3.16. The molecule has 132 valence electrons. The van der Waals surface area contributed by atoms with Crippen molar-refractivity contribution < 1.29 is 0 Å². The van der Waals surface area contributed by atoms with Crippen LogP contribution in [0, 0.1) is 13.8 Å². The number of aromatic nitrogens is 3. The molecule has 1 saturated carbocycles. The predicted octanol–water partition coefficient (Wildman–Crippen LogP) is 4.19. The standard InChI is InChI=1S/C17H22N6S2/c1-9-7-14(25-23-9)21-17-20-13-8-10(2)24-15(13)16(22-17)19-12-5-3-11(18)4-6-12/h7-8,11-12H,3-6,18H2,1-2H3,(H2,19,20,21,22). The van der Waals surface area contributed by atoms with Crippen molar-refractivity contribution in [3.05, 3.63) is 22.7 Å². The van der Waals surface area contributed by atoms with Gasteiger partial charge in [-0.25, -0.2) is 4.98 Å². The first-order valence-corrected chi connectivity index (χ1v) is 10.2. The maximum absolute atomic E-state index is 6.03. The smallest absolute Gasteiger partial charge is 0.230 e. The van der Waals surface area contributed by atoms with E-state index in [4.69, 9.17) is 10.7 Å². The summed E-state index contributed by atoms with van der Waals surface area (Å²) in [5.41, 5.74) is 8.01. The van der Waals surface area contributed by atoms with E-state index in [-0.39, 0.29) is 0 Å². The van der Waals surface area contributed by atoms with Crippen LogP contribution in [0.25, 0.3) is 10.2 Å². The summed E-state index contributed by atoms with van der Waals surface area (Å²) in [4.78, 5) is 10.7. The quantitative estimate of drug-likeness (QED) is 0.634. The number of thiophene rings is 1. The van der Waals surface area contributed by atoms with Crippen molar-refractivity contribution in [2.75, 3.05) is 10.6 Å². The second kappa shape index (κ2) is 6.86. The van der Waals surface area contributed by atoms with Crippen LogP contribution in [0.5, 0.6) is 0 Å². The predicted molar refractivity (Wildman–Crippen MR) is 106 cm³/mol. The molecule has 1 aliphatic rings. The van der Waals surface area contributed by atoms with Crippen molar-refractivity contribution >= 4 is 49.9 Å². The van der Waals surface area contributed by atoms with Gasteiger partial charge in [-0.2, -0.15) is 9.36 Å². The second-order valence-corrected chi connectivity index (χ2v) is 8.74. The van der Waals surface area contributed by atoms with Gasteiger partial charge in [0, 0.05) is 17.0 Å². The van der Waals surface area contributed by atoms with Gasteiger partial charge in [-0.15, -0.1) is 11.3 Å². The summed E-state index contributed by atoms with van der Waals surface area (Å²) < 4.78 is 5.42. The Morgan fingerprint density at radius 3 is 2.64 bits per heavy atom. The fourth-order valence-electron chi connectivity index (χ4n) is 3.19. The van der Waals surface area contributed by atoms with Gasteiger partial charge >= 0.3 is 0 Å². The molecule has 0 radical (unpaired) electrons. The van der Waals surface area contributed by atoms with Crippen LogP contribution in [0.2, 0.25) is 0 Å². The number of hydrogen-bond donors (Lipinski definition) is 3. The molecule has 0 amide bonds. The summed E-state index contributed by atoms with van der Waals surface area (Å²) in [7, 11) is 0. The van der Waals surface area contributed by atoms with Gasteiger partial charge in [0.2, 0.25) is 5.95 Å². The van der Waals surface area contributed by atoms with Gasteiger partial charge in [0.15, 0.2) is 0 Å². The lowest BCUT2D eigenvalue weighted by Crippen LogP contribution is -2.33. The molecule has 3 aromatic heterocycles. The summed E-state index contributed by atoms with van der Waals surface area (Å²) in [5, 5.41) is 7.89. The summed E-state index contributed by atoms with van der Waals surface area (Å²) in [6, 6.07) is 4.90. The Kier molecular flexibility index (Phi) is 4.58. The van der Waals surface area contributed by atoms with Gasteiger partial charge in [-0.05, 0) is 63.2 Å². The first-order valence-electron chi connectivity index (χ1n) is 8.57.